The van der Waals surface area contributed by atoms with E-state index >= 15 is 0 Å². The van der Waals surface area contributed by atoms with Crippen molar-refractivity contribution in [3.8, 4) is 11.1 Å². The molecule has 86 valence electrons. The summed E-state index contributed by atoms with van der Waals surface area (Å²) >= 11 is 0. The molecule has 0 aliphatic heterocycles. The van der Waals surface area contributed by atoms with Gasteiger partial charge < -0.3 is 5.11 Å². The molecular weight excluding hydrogens is 223 g/mol. The van der Waals surface area contributed by atoms with Crippen molar-refractivity contribution < 1.29 is 14.3 Å². The van der Waals surface area contributed by atoms with Crippen molar-refractivity contribution in [1.82, 2.24) is 9.97 Å². The fourth-order valence-corrected chi connectivity index (χ4v) is 1.42. The Morgan fingerprint density at radius 3 is 2.47 bits per heavy atom. The van der Waals surface area contributed by atoms with E-state index < -0.39 is 5.97 Å². The van der Waals surface area contributed by atoms with Crippen LogP contribution in [0.1, 0.15) is 5.82 Å². The zero-order valence-corrected chi connectivity index (χ0v) is 8.80. The van der Waals surface area contributed by atoms with E-state index in [-0.39, 0.29) is 18.1 Å². The molecule has 0 atom stereocenters. The van der Waals surface area contributed by atoms with Crippen LogP contribution < -0.4 is 0 Å². The van der Waals surface area contributed by atoms with Crippen LogP contribution in [0.2, 0.25) is 0 Å². The summed E-state index contributed by atoms with van der Waals surface area (Å²) in [5.41, 5.74) is 0.923. The third kappa shape index (κ3) is 2.63. The first kappa shape index (κ1) is 11.2. The number of nitrogens with zero attached hydrogens (tertiary/aromatic N) is 2. The molecule has 0 saturated carbocycles. The van der Waals surface area contributed by atoms with E-state index in [1.54, 1.807) is 18.2 Å². The molecule has 17 heavy (non-hydrogen) atoms. The quantitative estimate of drug-likeness (QED) is 0.877. The van der Waals surface area contributed by atoms with Gasteiger partial charge in [-0.2, -0.15) is 0 Å². The Kier molecular flexibility index (Phi) is 3.09. The molecule has 5 heteroatoms. The Morgan fingerprint density at radius 1 is 1.24 bits per heavy atom. The number of benzene rings is 1. The van der Waals surface area contributed by atoms with Crippen LogP contribution in [0.3, 0.4) is 0 Å². The van der Waals surface area contributed by atoms with Gasteiger partial charge in [-0.15, -0.1) is 0 Å². The molecule has 1 aromatic carbocycles. The lowest BCUT2D eigenvalue weighted by molar-refractivity contribution is -0.136. The van der Waals surface area contributed by atoms with Gasteiger partial charge in [-0.3, -0.25) is 4.79 Å². The molecule has 0 radical (unpaired) electrons. The number of hydrogen-bond donors (Lipinski definition) is 1. The number of rotatable bonds is 3. The molecule has 0 fully saturated rings. The number of carboxylic acid groups (broad SMARTS) is 1. The third-order valence-electron chi connectivity index (χ3n) is 2.20. The highest BCUT2D eigenvalue weighted by molar-refractivity contribution is 5.69. The van der Waals surface area contributed by atoms with Gasteiger partial charge in [0.1, 0.15) is 18.1 Å². The zero-order valence-electron chi connectivity index (χ0n) is 8.80. The molecule has 0 unspecified atom stereocenters. The number of carboxylic acids is 1. The lowest BCUT2D eigenvalue weighted by Gasteiger charge is -2.02. The Hall–Kier alpha value is -2.30. The van der Waals surface area contributed by atoms with Crippen molar-refractivity contribution in [3.05, 3.63) is 48.3 Å². The first-order valence-corrected chi connectivity index (χ1v) is 4.94. The van der Waals surface area contributed by atoms with Gasteiger partial charge in [0.25, 0.3) is 0 Å². The van der Waals surface area contributed by atoms with Crippen molar-refractivity contribution >= 4 is 5.97 Å². The molecule has 4 nitrogen and oxygen atoms in total. The van der Waals surface area contributed by atoms with Crippen molar-refractivity contribution in [2.75, 3.05) is 0 Å². The predicted molar refractivity (Wildman–Crippen MR) is 58.8 cm³/mol. The van der Waals surface area contributed by atoms with E-state index in [9.17, 15) is 9.18 Å². The van der Waals surface area contributed by atoms with Crippen LogP contribution >= 0.6 is 0 Å². The molecule has 2 aromatic rings. The van der Waals surface area contributed by atoms with Gasteiger partial charge >= 0.3 is 5.97 Å². The highest BCUT2D eigenvalue weighted by Crippen LogP contribution is 2.20. The summed E-state index contributed by atoms with van der Waals surface area (Å²) < 4.78 is 13.4. The van der Waals surface area contributed by atoms with Crippen LogP contribution in [0.4, 0.5) is 4.39 Å². The Labute approximate surface area is 96.8 Å². The van der Waals surface area contributed by atoms with Crippen molar-refractivity contribution in [1.29, 1.82) is 0 Å². The SMILES string of the molecule is O=C(O)Cc1ncc(-c2ccccc2F)cn1. The van der Waals surface area contributed by atoms with Crippen LogP contribution in [0.5, 0.6) is 0 Å². The van der Waals surface area contributed by atoms with E-state index in [0.717, 1.165) is 0 Å². The van der Waals surface area contributed by atoms with Gasteiger partial charge in [0, 0.05) is 23.5 Å². The van der Waals surface area contributed by atoms with E-state index in [4.69, 9.17) is 5.11 Å². The molecule has 0 aliphatic carbocycles. The van der Waals surface area contributed by atoms with Gasteiger partial charge in [0.05, 0.1) is 0 Å². The Balaban J connectivity index is 2.30. The lowest BCUT2D eigenvalue weighted by atomic mass is 10.1. The average Bonchev–Trinajstić information content (AvgIpc) is 2.30. The minimum atomic E-state index is -0.997. The highest BCUT2D eigenvalue weighted by Gasteiger charge is 2.07. The molecule has 1 heterocycles. The molecule has 1 N–H and O–H groups in total. The maximum atomic E-state index is 13.4. The molecule has 2 rings (SSSR count). The Bertz CT molecular complexity index is 540. The molecular formula is C12H9FN2O2. The maximum Gasteiger partial charge on any atom is 0.311 e. The average molecular weight is 232 g/mol. The summed E-state index contributed by atoms with van der Waals surface area (Å²) in [4.78, 5) is 18.2. The Morgan fingerprint density at radius 2 is 1.88 bits per heavy atom. The molecule has 0 amide bonds. The van der Waals surface area contributed by atoms with Crippen molar-refractivity contribution in [2.24, 2.45) is 0 Å². The second-order valence-electron chi connectivity index (χ2n) is 3.44. The largest absolute Gasteiger partial charge is 0.481 e. The summed E-state index contributed by atoms with van der Waals surface area (Å²) in [5.74, 6) is -1.15. The predicted octanol–water partition coefficient (Wildman–Crippen LogP) is 1.91. The summed E-state index contributed by atoms with van der Waals surface area (Å²) in [6.07, 6.45) is 2.60. The molecule has 1 aromatic heterocycles. The molecule has 0 bridgehead atoms. The van der Waals surface area contributed by atoms with Crippen LogP contribution in [0.15, 0.2) is 36.7 Å². The first-order valence-electron chi connectivity index (χ1n) is 4.94. The summed E-state index contributed by atoms with van der Waals surface area (Å²) in [5, 5.41) is 8.56. The van der Waals surface area contributed by atoms with Crippen molar-refractivity contribution in [3.63, 3.8) is 0 Å². The zero-order chi connectivity index (χ0) is 12.3. The van der Waals surface area contributed by atoms with Crippen LogP contribution in [0.25, 0.3) is 11.1 Å². The van der Waals surface area contributed by atoms with E-state index in [1.165, 1.54) is 18.5 Å². The first-order chi connectivity index (χ1) is 8.16. The second kappa shape index (κ2) is 4.69. The smallest absolute Gasteiger partial charge is 0.311 e. The normalized spacial score (nSPS) is 10.2. The third-order valence-corrected chi connectivity index (χ3v) is 2.20. The fourth-order valence-electron chi connectivity index (χ4n) is 1.42. The fraction of sp³-hybridized carbons (Fsp3) is 0.0833. The van der Waals surface area contributed by atoms with Gasteiger partial charge in [0.15, 0.2) is 0 Å². The number of carbonyl (C=O) groups is 1. The number of aromatic nitrogens is 2. The van der Waals surface area contributed by atoms with Gasteiger partial charge in [-0.05, 0) is 6.07 Å². The number of halogens is 1. The molecule has 0 saturated heterocycles. The van der Waals surface area contributed by atoms with Crippen LogP contribution in [-0.4, -0.2) is 21.0 Å². The van der Waals surface area contributed by atoms with E-state index in [0.29, 0.717) is 11.1 Å². The molecule has 0 spiro atoms. The maximum absolute atomic E-state index is 13.4. The lowest BCUT2D eigenvalue weighted by Crippen LogP contribution is -2.04. The van der Waals surface area contributed by atoms with Gasteiger partial charge in [-0.25, -0.2) is 14.4 Å². The standard InChI is InChI=1S/C12H9FN2O2/c13-10-4-2-1-3-9(10)8-6-14-11(15-7-8)5-12(16)17/h1-4,6-7H,5H2,(H,16,17). The number of hydrogen-bond acceptors (Lipinski definition) is 3. The van der Waals surface area contributed by atoms with Gasteiger partial charge in [0.2, 0.25) is 0 Å². The van der Waals surface area contributed by atoms with E-state index in [1.807, 2.05) is 0 Å². The monoisotopic (exact) mass is 232 g/mol. The molecule has 0 aliphatic rings. The number of aliphatic carboxylic acids is 1. The topological polar surface area (TPSA) is 63.1 Å². The summed E-state index contributed by atoms with van der Waals surface area (Å²) in [7, 11) is 0. The van der Waals surface area contributed by atoms with Crippen molar-refractivity contribution in [2.45, 2.75) is 6.42 Å². The minimum Gasteiger partial charge on any atom is -0.481 e. The summed E-state index contributed by atoms with van der Waals surface area (Å²) in [6.45, 7) is 0. The van der Waals surface area contributed by atoms with Gasteiger partial charge in [-0.1, -0.05) is 18.2 Å². The van der Waals surface area contributed by atoms with E-state index in [2.05, 4.69) is 9.97 Å². The second-order valence-corrected chi connectivity index (χ2v) is 3.44. The summed E-state index contributed by atoms with van der Waals surface area (Å²) in [6, 6.07) is 6.27. The van der Waals surface area contributed by atoms with Crippen LogP contribution in [-0.2, 0) is 11.2 Å². The van der Waals surface area contributed by atoms with Crippen LogP contribution in [0, 0.1) is 5.82 Å². The highest BCUT2D eigenvalue weighted by atomic mass is 19.1. The minimum absolute atomic E-state index is 0.206.